The van der Waals surface area contributed by atoms with Crippen LogP contribution in [0.1, 0.15) is 43.7 Å². The molecule has 1 aliphatic rings. The molecule has 1 N–H and O–H groups in total. The van der Waals surface area contributed by atoms with E-state index in [1.165, 1.54) is 5.56 Å². The van der Waals surface area contributed by atoms with Gasteiger partial charge in [0.1, 0.15) is 5.54 Å². The summed E-state index contributed by atoms with van der Waals surface area (Å²) in [4.78, 5) is 15.1. The molecule has 142 valence electrons. The first kappa shape index (κ1) is 19.8. The third-order valence-electron chi connectivity index (χ3n) is 5.46. The minimum absolute atomic E-state index is 0.176. The molecule has 0 aliphatic heterocycles. The molecule has 0 spiro atoms. The van der Waals surface area contributed by atoms with E-state index in [1.807, 2.05) is 48.3 Å². The highest BCUT2D eigenvalue weighted by molar-refractivity contribution is 7.80. The Balaban J connectivity index is 1.93. The molecular weight excluding hydrogens is 376 g/mol. The van der Waals surface area contributed by atoms with Crippen molar-refractivity contribution in [3.05, 3.63) is 64.7 Å². The number of thiocarbonyl (C=S) groups is 1. The second kappa shape index (κ2) is 8.41. The lowest BCUT2D eigenvalue weighted by molar-refractivity contribution is -0.131. The van der Waals surface area contributed by atoms with Gasteiger partial charge in [-0.3, -0.25) is 4.79 Å². The highest BCUT2D eigenvalue weighted by Crippen LogP contribution is 2.42. The molecule has 1 aliphatic carbocycles. The number of carbonyl (C=O) groups is 1. The van der Waals surface area contributed by atoms with Crippen LogP contribution in [0.2, 0.25) is 5.02 Å². The van der Waals surface area contributed by atoms with Gasteiger partial charge in [-0.1, -0.05) is 48.9 Å². The highest BCUT2D eigenvalue weighted by Gasteiger charge is 2.47. The predicted molar refractivity (Wildman–Crippen MR) is 116 cm³/mol. The van der Waals surface area contributed by atoms with E-state index < -0.39 is 5.54 Å². The van der Waals surface area contributed by atoms with E-state index in [0.29, 0.717) is 23.0 Å². The third kappa shape index (κ3) is 3.87. The third-order valence-corrected chi connectivity index (χ3v) is 6.17. The number of hydrogen-bond donors (Lipinski definition) is 1. The van der Waals surface area contributed by atoms with Gasteiger partial charge in [0.15, 0.2) is 10.9 Å². The Labute approximate surface area is 171 Å². The molecule has 0 aromatic heterocycles. The summed E-state index contributed by atoms with van der Waals surface area (Å²) in [6.45, 7) is 2.13. The van der Waals surface area contributed by atoms with Crippen LogP contribution < -0.4 is 5.32 Å². The van der Waals surface area contributed by atoms with Crippen LogP contribution in [0.5, 0.6) is 0 Å². The molecule has 27 heavy (non-hydrogen) atoms. The maximum absolute atomic E-state index is 13.2. The summed E-state index contributed by atoms with van der Waals surface area (Å²) < 4.78 is 0. The SMILES string of the molecule is CCc1ccc(NC(=S)N(C)C2(c3ccccc3Cl)CCCCC2=O)cc1. The number of aryl methyl sites for hydroxylation is 1. The van der Waals surface area contributed by atoms with Crippen LogP contribution >= 0.6 is 23.8 Å². The summed E-state index contributed by atoms with van der Waals surface area (Å²) in [6, 6.07) is 15.8. The van der Waals surface area contributed by atoms with Gasteiger partial charge in [0.05, 0.1) is 0 Å². The van der Waals surface area contributed by atoms with Crippen LogP contribution in [-0.2, 0) is 16.8 Å². The predicted octanol–water partition coefficient (Wildman–Crippen LogP) is 5.57. The van der Waals surface area contributed by atoms with E-state index in [1.54, 1.807) is 0 Å². The van der Waals surface area contributed by atoms with Crippen molar-refractivity contribution in [3.8, 4) is 0 Å². The lowest BCUT2D eigenvalue weighted by Crippen LogP contribution is -2.55. The Morgan fingerprint density at radius 3 is 2.52 bits per heavy atom. The van der Waals surface area contributed by atoms with E-state index in [4.69, 9.17) is 23.8 Å². The van der Waals surface area contributed by atoms with Crippen LogP contribution in [-0.4, -0.2) is 22.8 Å². The molecular formula is C22H25ClN2OS. The Morgan fingerprint density at radius 2 is 1.89 bits per heavy atom. The number of carbonyl (C=O) groups excluding carboxylic acids is 1. The fourth-order valence-corrected chi connectivity index (χ4v) is 4.40. The Morgan fingerprint density at radius 1 is 1.19 bits per heavy atom. The Bertz CT molecular complexity index is 836. The number of Topliss-reactive ketones (excluding diaryl/α,β-unsaturated/α-hetero) is 1. The number of anilines is 1. The Kier molecular flexibility index (Phi) is 6.18. The van der Waals surface area contributed by atoms with Gasteiger partial charge in [0.25, 0.3) is 0 Å². The quantitative estimate of drug-likeness (QED) is 0.680. The monoisotopic (exact) mass is 400 g/mol. The van der Waals surface area contributed by atoms with Crippen LogP contribution in [0.3, 0.4) is 0 Å². The second-order valence-corrected chi connectivity index (χ2v) is 7.80. The average Bonchev–Trinajstić information content (AvgIpc) is 2.69. The van der Waals surface area contributed by atoms with E-state index >= 15 is 0 Å². The average molecular weight is 401 g/mol. The van der Waals surface area contributed by atoms with Gasteiger partial charge in [-0.25, -0.2) is 0 Å². The van der Waals surface area contributed by atoms with Gasteiger partial charge in [-0.2, -0.15) is 0 Å². The summed E-state index contributed by atoms with van der Waals surface area (Å²) >= 11 is 12.2. The normalized spacial score (nSPS) is 19.6. The van der Waals surface area contributed by atoms with Gasteiger partial charge in [0.2, 0.25) is 0 Å². The van der Waals surface area contributed by atoms with E-state index in [9.17, 15) is 4.79 Å². The number of ketones is 1. The van der Waals surface area contributed by atoms with Crippen molar-refractivity contribution < 1.29 is 4.79 Å². The van der Waals surface area contributed by atoms with Crippen LogP contribution in [0.25, 0.3) is 0 Å². The van der Waals surface area contributed by atoms with E-state index in [-0.39, 0.29) is 5.78 Å². The topological polar surface area (TPSA) is 32.3 Å². The largest absolute Gasteiger partial charge is 0.335 e. The van der Waals surface area contributed by atoms with Gasteiger partial charge < -0.3 is 10.2 Å². The number of benzene rings is 2. The zero-order chi connectivity index (χ0) is 19.4. The number of likely N-dealkylation sites (N-methyl/N-ethyl adjacent to an activating group) is 1. The summed E-state index contributed by atoms with van der Waals surface area (Å²) in [6.07, 6.45) is 4.13. The molecule has 0 radical (unpaired) electrons. The number of nitrogens with one attached hydrogen (secondary N) is 1. The van der Waals surface area contributed by atoms with Crippen LogP contribution in [0, 0.1) is 0 Å². The number of hydrogen-bond acceptors (Lipinski definition) is 2. The zero-order valence-corrected chi connectivity index (χ0v) is 17.4. The maximum Gasteiger partial charge on any atom is 0.174 e. The summed E-state index contributed by atoms with van der Waals surface area (Å²) in [7, 11) is 1.89. The molecule has 3 nitrogen and oxygen atoms in total. The fourth-order valence-electron chi connectivity index (χ4n) is 3.83. The number of nitrogens with zero attached hydrogens (tertiary/aromatic N) is 1. The lowest BCUT2D eigenvalue weighted by atomic mass is 9.74. The minimum atomic E-state index is -0.815. The van der Waals surface area contributed by atoms with Gasteiger partial charge in [-0.05, 0) is 61.7 Å². The lowest BCUT2D eigenvalue weighted by Gasteiger charge is -2.45. The fraction of sp³-hybridized carbons (Fsp3) is 0.364. The van der Waals surface area contributed by atoms with Crippen LogP contribution in [0.4, 0.5) is 5.69 Å². The summed E-state index contributed by atoms with van der Waals surface area (Å²) in [5, 5.41) is 4.42. The zero-order valence-electron chi connectivity index (χ0n) is 15.8. The first-order valence-corrected chi connectivity index (χ1v) is 10.2. The molecule has 2 aromatic rings. The standard InChI is InChI=1S/C22H25ClN2OS/c1-3-16-11-13-17(14-12-16)24-21(27)25(2)22(15-7-6-10-20(22)26)18-8-4-5-9-19(18)23/h4-5,8-9,11-14H,3,6-7,10,15H2,1-2H3,(H,24,27). The molecule has 2 aromatic carbocycles. The van der Waals surface area contributed by atoms with Gasteiger partial charge >= 0.3 is 0 Å². The van der Waals surface area contributed by atoms with Crippen molar-refractivity contribution in [3.63, 3.8) is 0 Å². The molecule has 1 unspecified atom stereocenters. The molecule has 5 heteroatoms. The first-order valence-electron chi connectivity index (χ1n) is 9.41. The van der Waals surface area contributed by atoms with Crippen molar-refractivity contribution in [2.45, 2.75) is 44.6 Å². The van der Waals surface area contributed by atoms with Crippen molar-refractivity contribution in [2.24, 2.45) is 0 Å². The molecule has 0 amide bonds. The summed E-state index contributed by atoms with van der Waals surface area (Å²) in [5.41, 5.74) is 2.21. The first-order chi connectivity index (χ1) is 13.0. The molecule has 0 heterocycles. The van der Waals surface area contributed by atoms with E-state index in [0.717, 1.165) is 30.5 Å². The van der Waals surface area contributed by atoms with Gasteiger partial charge in [0, 0.05) is 29.7 Å². The van der Waals surface area contributed by atoms with Crippen molar-refractivity contribution in [1.29, 1.82) is 0 Å². The smallest absolute Gasteiger partial charge is 0.174 e. The van der Waals surface area contributed by atoms with Crippen molar-refractivity contribution in [1.82, 2.24) is 4.90 Å². The van der Waals surface area contributed by atoms with Crippen molar-refractivity contribution >= 4 is 40.4 Å². The molecule has 1 atom stereocenters. The highest BCUT2D eigenvalue weighted by atomic mass is 35.5. The molecule has 1 fully saturated rings. The Hall–Kier alpha value is -1.91. The van der Waals surface area contributed by atoms with Crippen molar-refractivity contribution in [2.75, 3.05) is 12.4 Å². The molecule has 3 rings (SSSR count). The summed E-state index contributed by atoms with van der Waals surface area (Å²) in [5.74, 6) is 0.176. The second-order valence-electron chi connectivity index (χ2n) is 7.01. The number of rotatable bonds is 4. The van der Waals surface area contributed by atoms with Crippen LogP contribution in [0.15, 0.2) is 48.5 Å². The number of halogens is 1. The molecule has 0 bridgehead atoms. The maximum atomic E-state index is 13.2. The van der Waals surface area contributed by atoms with E-state index in [2.05, 4.69) is 24.4 Å². The molecule has 0 saturated heterocycles. The minimum Gasteiger partial charge on any atom is -0.335 e. The van der Waals surface area contributed by atoms with Gasteiger partial charge in [-0.15, -0.1) is 0 Å². The molecule has 1 saturated carbocycles.